The first kappa shape index (κ1) is 13.8. The monoisotopic (exact) mass is 256 g/mol. The van der Waals surface area contributed by atoms with Gasteiger partial charge >= 0.3 is 7.12 Å². The molecule has 2 rings (SSSR count). The van der Waals surface area contributed by atoms with E-state index in [9.17, 15) is 0 Å². The molecule has 0 spiro atoms. The topological polar surface area (TPSA) is 55.1 Å². The summed E-state index contributed by atoms with van der Waals surface area (Å²) >= 11 is 0. The van der Waals surface area contributed by atoms with Crippen LogP contribution in [0, 0.1) is 11.3 Å². The maximum atomic E-state index is 8.87. The van der Waals surface area contributed by atoms with Gasteiger partial charge in [0.2, 0.25) is 0 Å². The van der Waals surface area contributed by atoms with Gasteiger partial charge < -0.3 is 9.31 Å². The van der Waals surface area contributed by atoms with Gasteiger partial charge in [-0.3, -0.25) is 0 Å². The summed E-state index contributed by atoms with van der Waals surface area (Å²) < 4.78 is 11.9. The van der Waals surface area contributed by atoms with Crippen molar-refractivity contribution in [3.05, 3.63) is 30.1 Å². The van der Waals surface area contributed by atoms with Crippen LogP contribution in [0.3, 0.4) is 0 Å². The lowest BCUT2D eigenvalue weighted by molar-refractivity contribution is 0.00578. The first-order valence-corrected chi connectivity index (χ1v) is 6.20. The second-order valence-electron chi connectivity index (χ2n) is 5.58. The van der Waals surface area contributed by atoms with Gasteiger partial charge in [-0.2, -0.15) is 5.26 Å². The van der Waals surface area contributed by atoms with Crippen LogP contribution >= 0.6 is 0 Å². The zero-order valence-corrected chi connectivity index (χ0v) is 11.7. The molecule has 0 N–H and O–H groups in total. The molecule has 1 fully saturated rings. The number of nitrogens with zero attached hydrogens (tertiary/aromatic N) is 2. The van der Waals surface area contributed by atoms with Crippen LogP contribution in [0.1, 0.15) is 39.1 Å². The summed E-state index contributed by atoms with van der Waals surface area (Å²) in [6.07, 6.45) is 1.61. The molecule has 2 heterocycles. The number of nitriles is 1. The van der Waals surface area contributed by atoms with E-state index in [0.717, 1.165) is 5.46 Å². The van der Waals surface area contributed by atoms with Gasteiger partial charge in [0.05, 0.1) is 16.9 Å². The molecule has 19 heavy (non-hydrogen) atoms. The summed E-state index contributed by atoms with van der Waals surface area (Å²) in [6.45, 7) is 11.7. The molecule has 0 bridgehead atoms. The SMILES string of the molecule is C=Cc1nc(C#N)ccc1B1OC(C)(C)C(C)(C)O1. The Balaban J connectivity index is 2.40. The number of rotatable bonds is 2. The van der Waals surface area contributed by atoms with E-state index >= 15 is 0 Å². The lowest BCUT2D eigenvalue weighted by atomic mass is 9.77. The average molecular weight is 256 g/mol. The van der Waals surface area contributed by atoms with Crippen molar-refractivity contribution >= 4 is 18.7 Å². The first-order chi connectivity index (χ1) is 8.80. The summed E-state index contributed by atoms with van der Waals surface area (Å²) in [5.74, 6) is 0. The van der Waals surface area contributed by atoms with Crippen LogP contribution in [0.2, 0.25) is 0 Å². The van der Waals surface area contributed by atoms with Crippen LogP contribution in [0.25, 0.3) is 6.08 Å². The van der Waals surface area contributed by atoms with Crippen LogP contribution < -0.4 is 5.46 Å². The molecule has 5 heteroatoms. The largest absolute Gasteiger partial charge is 0.497 e. The second-order valence-corrected chi connectivity index (χ2v) is 5.58. The lowest BCUT2D eigenvalue weighted by Gasteiger charge is -2.32. The Morgan fingerprint density at radius 1 is 1.26 bits per heavy atom. The van der Waals surface area contributed by atoms with Crippen molar-refractivity contribution in [2.45, 2.75) is 38.9 Å². The molecule has 1 aromatic rings. The van der Waals surface area contributed by atoms with E-state index in [2.05, 4.69) is 11.6 Å². The van der Waals surface area contributed by atoms with Crippen LogP contribution in [-0.2, 0) is 9.31 Å². The molecular formula is C14H17BN2O2. The van der Waals surface area contributed by atoms with E-state index in [1.807, 2.05) is 39.8 Å². The summed E-state index contributed by atoms with van der Waals surface area (Å²) in [5.41, 5.74) is 0.981. The quantitative estimate of drug-likeness (QED) is 0.758. The molecule has 1 aliphatic rings. The number of hydrogen-bond acceptors (Lipinski definition) is 4. The second kappa shape index (κ2) is 4.48. The molecule has 0 aliphatic carbocycles. The molecule has 1 aromatic heterocycles. The van der Waals surface area contributed by atoms with E-state index < -0.39 is 18.3 Å². The van der Waals surface area contributed by atoms with Gasteiger partial charge in [-0.15, -0.1) is 0 Å². The van der Waals surface area contributed by atoms with Crippen LogP contribution in [0.15, 0.2) is 18.7 Å². The first-order valence-electron chi connectivity index (χ1n) is 6.20. The third-order valence-corrected chi connectivity index (χ3v) is 3.77. The van der Waals surface area contributed by atoms with Gasteiger partial charge in [0, 0.05) is 5.46 Å². The van der Waals surface area contributed by atoms with Crippen molar-refractivity contribution < 1.29 is 9.31 Å². The Labute approximate surface area is 114 Å². The molecule has 0 atom stereocenters. The Hall–Kier alpha value is -1.64. The van der Waals surface area contributed by atoms with Gasteiger partial charge in [-0.05, 0) is 39.8 Å². The lowest BCUT2D eigenvalue weighted by Crippen LogP contribution is -2.41. The summed E-state index contributed by atoms with van der Waals surface area (Å²) in [5, 5.41) is 8.87. The molecule has 0 amide bonds. The molecule has 1 aliphatic heterocycles. The highest BCUT2D eigenvalue weighted by molar-refractivity contribution is 6.62. The molecule has 4 nitrogen and oxygen atoms in total. The van der Waals surface area contributed by atoms with Gasteiger partial charge in [0.25, 0.3) is 0 Å². The third-order valence-electron chi connectivity index (χ3n) is 3.77. The Bertz CT molecular complexity index is 545. The smallest absolute Gasteiger partial charge is 0.399 e. The predicted molar refractivity (Wildman–Crippen MR) is 74.8 cm³/mol. The van der Waals surface area contributed by atoms with Crippen molar-refractivity contribution in [3.63, 3.8) is 0 Å². The third kappa shape index (κ3) is 2.29. The van der Waals surface area contributed by atoms with Gasteiger partial charge in [0.1, 0.15) is 11.8 Å². The summed E-state index contributed by atoms with van der Waals surface area (Å²) in [6, 6.07) is 5.48. The molecule has 98 valence electrons. The van der Waals surface area contributed by atoms with E-state index in [4.69, 9.17) is 14.6 Å². The minimum absolute atomic E-state index is 0.357. The van der Waals surface area contributed by atoms with E-state index in [1.165, 1.54) is 0 Å². The number of aromatic nitrogens is 1. The maximum absolute atomic E-state index is 8.87. The van der Waals surface area contributed by atoms with Crippen LogP contribution in [0.4, 0.5) is 0 Å². The van der Waals surface area contributed by atoms with Gasteiger partial charge in [-0.25, -0.2) is 4.98 Å². The minimum atomic E-state index is -0.488. The molecule has 0 radical (unpaired) electrons. The van der Waals surface area contributed by atoms with Gasteiger partial charge in [0.15, 0.2) is 0 Å². The molecule has 0 saturated carbocycles. The molecule has 0 unspecified atom stereocenters. The molecule has 1 saturated heterocycles. The van der Waals surface area contributed by atoms with Crippen molar-refractivity contribution in [2.24, 2.45) is 0 Å². The summed E-state index contributed by atoms with van der Waals surface area (Å²) in [7, 11) is -0.488. The van der Waals surface area contributed by atoms with Crippen LogP contribution in [-0.4, -0.2) is 23.3 Å². The normalized spacial score (nSPS) is 20.1. The number of hydrogen-bond donors (Lipinski definition) is 0. The van der Waals surface area contributed by atoms with Crippen molar-refractivity contribution in [1.82, 2.24) is 4.98 Å². The Kier molecular flexibility index (Phi) is 3.25. The zero-order valence-electron chi connectivity index (χ0n) is 11.7. The van der Waals surface area contributed by atoms with Crippen molar-refractivity contribution in [3.8, 4) is 6.07 Å². The maximum Gasteiger partial charge on any atom is 0.497 e. The average Bonchev–Trinajstić information content (AvgIpc) is 2.57. The van der Waals surface area contributed by atoms with Crippen LogP contribution in [0.5, 0.6) is 0 Å². The predicted octanol–water partition coefficient (Wildman–Crippen LogP) is 1.90. The minimum Gasteiger partial charge on any atom is -0.399 e. The molecular weight excluding hydrogens is 239 g/mol. The Morgan fingerprint density at radius 3 is 2.32 bits per heavy atom. The van der Waals surface area contributed by atoms with Crippen molar-refractivity contribution in [1.29, 1.82) is 5.26 Å². The fourth-order valence-corrected chi connectivity index (χ4v) is 1.88. The zero-order chi connectivity index (χ0) is 14.3. The highest BCUT2D eigenvalue weighted by Crippen LogP contribution is 2.36. The highest BCUT2D eigenvalue weighted by Gasteiger charge is 2.52. The fraction of sp³-hybridized carbons (Fsp3) is 0.429. The van der Waals surface area contributed by atoms with Gasteiger partial charge in [-0.1, -0.05) is 12.6 Å². The fourth-order valence-electron chi connectivity index (χ4n) is 1.88. The molecule has 0 aromatic carbocycles. The summed E-state index contributed by atoms with van der Waals surface area (Å²) in [4.78, 5) is 4.21. The van der Waals surface area contributed by atoms with E-state index in [1.54, 1.807) is 12.1 Å². The van der Waals surface area contributed by atoms with E-state index in [0.29, 0.717) is 11.4 Å². The standard InChI is InChI=1S/C14H17BN2O2/c1-6-12-11(8-7-10(9-16)17-12)15-18-13(2,3)14(4,5)19-15/h6-8H,1H2,2-5H3. The Morgan fingerprint density at radius 2 is 1.84 bits per heavy atom. The highest BCUT2D eigenvalue weighted by atomic mass is 16.7. The van der Waals surface area contributed by atoms with Crippen molar-refractivity contribution in [2.75, 3.05) is 0 Å². The van der Waals surface area contributed by atoms with E-state index in [-0.39, 0.29) is 0 Å². The number of pyridine rings is 1.